The van der Waals surface area contributed by atoms with Crippen LogP contribution < -0.4 is 15.5 Å². The normalized spacial score (nSPS) is 24.1. The lowest BCUT2D eigenvalue weighted by molar-refractivity contribution is 0.480. The molecule has 3 heterocycles. The van der Waals surface area contributed by atoms with E-state index < -0.39 is 0 Å². The predicted octanol–water partition coefficient (Wildman–Crippen LogP) is 0.334. The van der Waals surface area contributed by atoms with Gasteiger partial charge in [-0.25, -0.2) is 0 Å². The smallest absolute Gasteiger partial charge is 0.172 e. The van der Waals surface area contributed by atoms with Crippen LogP contribution in [0.3, 0.4) is 0 Å². The number of fused-ring (bicyclic) bond motifs is 3. The van der Waals surface area contributed by atoms with Gasteiger partial charge in [-0.2, -0.15) is 0 Å². The van der Waals surface area contributed by atoms with Crippen LogP contribution in [0.4, 0.5) is 11.5 Å². The van der Waals surface area contributed by atoms with E-state index >= 15 is 0 Å². The van der Waals surface area contributed by atoms with E-state index in [9.17, 15) is 0 Å². The number of hydrogen-bond donors (Lipinski definition) is 2. The van der Waals surface area contributed by atoms with Gasteiger partial charge in [-0.05, 0) is 0 Å². The van der Waals surface area contributed by atoms with Crippen LogP contribution in [0, 0.1) is 0 Å². The van der Waals surface area contributed by atoms with Crippen molar-refractivity contribution in [3.8, 4) is 0 Å². The molecule has 1 aromatic heterocycles. The maximum absolute atomic E-state index is 5.86. The Morgan fingerprint density at radius 2 is 2.33 bits per heavy atom. The van der Waals surface area contributed by atoms with E-state index in [0.717, 1.165) is 37.7 Å². The molecule has 5 nitrogen and oxygen atoms in total. The molecule has 2 N–H and O–H groups in total. The molecular weight excluding hydrogens is 214 g/mol. The number of nitrogens with zero attached hydrogens (tertiary/aromatic N) is 3. The number of halogens is 1. The van der Waals surface area contributed by atoms with Gasteiger partial charge in [0.2, 0.25) is 0 Å². The van der Waals surface area contributed by atoms with E-state index in [1.54, 1.807) is 0 Å². The lowest BCUT2D eigenvalue weighted by atomic mass is 10.1. The zero-order valence-corrected chi connectivity index (χ0v) is 8.96. The quantitative estimate of drug-likeness (QED) is 0.667. The maximum Gasteiger partial charge on any atom is 0.172 e. The molecule has 1 unspecified atom stereocenters. The average molecular weight is 226 g/mol. The minimum Gasteiger partial charge on any atom is -0.365 e. The van der Waals surface area contributed by atoms with Crippen molar-refractivity contribution >= 4 is 23.1 Å². The number of rotatable bonds is 0. The van der Waals surface area contributed by atoms with Gasteiger partial charge in [-0.15, -0.1) is 10.2 Å². The molecule has 6 heteroatoms. The third-order valence-corrected chi connectivity index (χ3v) is 3.09. The van der Waals surface area contributed by atoms with Crippen molar-refractivity contribution in [1.29, 1.82) is 0 Å². The summed E-state index contributed by atoms with van der Waals surface area (Å²) in [6.45, 7) is 3.93. The zero-order chi connectivity index (χ0) is 10.3. The summed E-state index contributed by atoms with van der Waals surface area (Å²) in [4.78, 5) is 2.35. The second-order valence-electron chi connectivity index (χ2n) is 3.83. The molecule has 0 radical (unpaired) electrons. The van der Waals surface area contributed by atoms with Crippen LogP contribution in [0.25, 0.3) is 0 Å². The fourth-order valence-electron chi connectivity index (χ4n) is 2.18. The van der Waals surface area contributed by atoms with Crippen molar-refractivity contribution < 1.29 is 0 Å². The van der Waals surface area contributed by atoms with Crippen molar-refractivity contribution in [1.82, 2.24) is 15.5 Å². The molecule has 1 aromatic rings. The largest absolute Gasteiger partial charge is 0.365 e. The molecule has 2 aliphatic heterocycles. The lowest BCUT2D eigenvalue weighted by Crippen LogP contribution is -2.56. The Balaban J connectivity index is 2.01. The summed E-state index contributed by atoms with van der Waals surface area (Å²) in [6, 6.07) is 2.38. The van der Waals surface area contributed by atoms with Crippen LogP contribution in [0.15, 0.2) is 6.07 Å². The van der Waals surface area contributed by atoms with Crippen LogP contribution >= 0.6 is 11.6 Å². The zero-order valence-electron chi connectivity index (χ0n) is 8.20. The standard InChI is InChI=1S/C9H12ClN5/c10-8-3-7-9(14-13-8)12-5-6-4-11-1-2-15(6)7/h3,6,11H,1-2,4-5H2,(H,12,14). The summed E-state index contributed by atoms with van der Waals surface area (Å²) in [5.41, 5.74) is 1.08. The molecule has 2 aliphatic rings. The first kappa shape index (κ1) is 9.18. The highest BCUT2D eigenvalue weighted by atomic mass is 35.5. The molecule has 80 valence electrons. The summed E-state index contributed by atoms with van der Waals surface area (Å²) in [6.07, 6.45) is 0. The van der Waals surface area contributed by atoms with Crippen molar-refractivity contribution in [2.24, 2.45) is 0 Å². The van der Waals surface area contributed by atoms with E-state index in [-0.39, 0.29) is 0 Å². The van der Waals surface area contributed by atoms with Gasteiger partial charge in [-0.3, -0.25) is 0 Å². The van der Waals surface area contributed by atoms with Gasteiger partial charge in [0.25, 0.3) is 0 Å². The second-order valence-corrected chi connectivity index (χ2v) is 4.22. The Morgan fingerprint density at radius 3 is 3.27 bits per heavy atom. The van der Waals surface area contributed by atoms with Crippen LogP contribution in [-0.2, 0) is 0 Å². The minimum atomic E-state index is 0.453. The SMILES string of the molecule is Clc1cc2c(nn1)NCC1CNCCN21. The Hall–Kier alpha value is -1.07. The second kappa shape index (κ2) is 3.50. The highest BCUT2D eigenvalue weighted by Crippen LogP contribution is 2.31. The Labute approximate surface area is 92.8 Å². The van der Waals surface area contributed by atoms with Gasteiger partial charge >= 0.3 is 0 Å². The van der Waals surface area contributed by atoms with Crippen LogP contribution in [-0.4, -0.2) is 42.4 Å². The van der Waals surface area contributed by atoms with E-state index in [1.165, 1.54) is 0 Å². The molecule has 0 saturated carbocycles. The van der Waals surface area contributed by atoms with Crippen molar-refractivity contribution in [3.63, 3.8) is 0 Å². The first-order chi connectivity index (χ1) is 7.34. The van der Waals surface area contributed by atoms with Gasteiger partial charge in [0.15, 0.2) is 11.0 Å². The van der Waals surface area contributed by atoms with E-state index in [2.05, 4.69) is 25.7 Å². The number of nitrogens with one attached hydrogen (secondary N) is 2. The first-order valence-corrected chi connectivity index (χ1v) is 5.47. The molecule has 0 aromatic carbocycles. The Morgan fingerprint density at radius 1 is 1.40 bits per heavy atom. The predicted molar refractivity (Wildman–Crippen MR) is 59.5 cm³/mol. The first-order valence-electron chi connectivity index (χ1n) is 5.09. The average Bonchev–Trinajstić information content (AvgIpc) is 2.29. The molecule has 0 spiro atoms. The Kier molecular flexibility index (Phi) is 2.14. The van der Waals surface area contributed by atoms with Crippen LogP contribution in [0.5, 0.6) is 0 Å². The third kappa shape index (κ3) is 1.52. The fraction of sp³-hybridized carbons (Fsp3) is 0.556. The summed E-state index contributed by atoms with van der Waals surface area (Å²) >= 11 is 5.86. The molecular formula is C9H12ClN5. The summed E-state index contributed by atoms with van der Waals surface area (Å²) in [7, 11) is 0. The molecule has 1 atom stereocenters. The molecule has 0 aliphatic carbocycles. The minimum absolute atomic E-state index is 0.453. The van der Waals surface area contributed by atoms with Crippen molar-refractivity contribution in [2.75, 3.05) is 36.4 Å². The monoisotopic (exact) mass is 225 g/mol. The fourth-order valence-corrected chi connectivity index (χ4v) is 2.32. The third-order valence-electron chi connectivity index (χ3n) is 2.91. The van der Waals surface area contributed by atoms with Gasteiger partial charge < -0.3 is 15.5 Å². The van der Waals surface area contributed by atoms with E-state index in [0.29, 0.717) is 11.2 Å². The van der Waals surface area contributed by atoms with Crippen LogP contribution in [0.2, 0.25) is 5.15 Å². The molecule has 0 bridgehead atoms. The van der Waals surface area contributed by atoms with Gasteiger partial charge in [0.1, 0.15) is 0 Å². The van der Waals surface area contributed by atoms with E-state index in [4.69, 9.17) is 11.6 Å². The van der Waals surface area contributed by atoms with Gasteiger partial charge in [-0.1, -0.05) is 11.6 Å². The summed E-state index contributed by atoms with van der Waals surface area (Å²) in [5, 5.41) is 15.0. The molecule has 1 saturated heterocycles. The van der Waals surface area contributed by atoms with Crippen molar-refractivity contribution in [3.05, 3.63) is 11.2 Å². The highest BCUT2D eigenvalue weighted by Gasteiger charge is 2.29. The maximum atomic E-state index is 5.86. The molecule has 0 amide bonds. The molecule has 15 heavy (non-hydrogen) atoms. The number of piperazine rings is 1. The number of anilines is 2. The summed E-state index contributed by atoms with van der Waals surface area (Å²) < 4.78 is 0. The molecule has 1 fully saturated rings. The summed E-state index contributed by atoms with van der Waals surface area (Å²) in [5.74, 6) is 0.845. The van der Waals surface area contributed by atoms with Gasteiger partial charge in [0, 0.05) is 32.2 Å². The lowest BCUT2D eigenvalue weighted by Gasteiger charge is -2.41. The molecule has 3 rings (SSSR count). The number of aromatic nitrogens is 2. The van der Waals surface area contributed by atoms with Crippen molar-refractivity contribution in [2.45, 2.75) is 6.04 Å². The topological polar surface area (TPSA) is 53.1 Å². The number of hydrogen-bond acceptors (Lipinski definition) is 5. The Bertz CT molecular complexity index is 383. The van der Waals surface area contributed by atoms with Gasteiger partial charge in [0.05, 0.1) is 11.7 Å². The van der Waals surface area contributed by atoms with E-state index in [1.807, 2.05) is 6.07 Å². The van der Waals surface area contributed by atoms with Crippen LogP contribution in [0.1, 0.15) is 0 Å². The highest BCUT2D eigenvalue weighted by molar-refractivity contribution is 6.29.